The number of anilines is 1. The Hall–Kier alpha value is -3.68. The number of hydrogen-bond acceptors (Lipinski definition) is 5. The smallest absolute Gasteiger partial charge is 0.258 e. The highest BCUT2D eigenvalue weighted by Gasteiger charge is 2.34. The van der Waals surface area contributed by atoms with Crippen molar-refractivity contribution in [3.8, 4) is 17.1 Å². The van der Waals surface area contributed by atoms with Gasteiger partial charge in [-0.1, -0.05) is 59.2 Å². The first-order valence-electron chi connectivity index (χ1n) is 10.7. The molecule has 0 fully saturated rings. The highest BCUT2D eigenvalue weighted by molar-refractivity contribution is 7.80. The van der Waals surface area contributed by atoms with Gasteiger partial charge in [0.2, 0.25) is 5.82 Å². The zero-order chi connectivity index (χ0) is 23.7. The second-order valence-electron chi connectivity index (χ2n) is 7.76. The third-order valence-electron chi connectivity index (χ3n) is 5.69. The summed E-state index contributed by atoms with van der Waals surface area (Å²) >= 11 is 11.9. The summed E-state index contributed by atoms with van der Waals surface area (Å²) in [6.07, 6.45) is 0. The molecule has 1 unspecified atom stereocenters. The fraction of sp³-hybridized carbons (Fsp3) is 0.115. The Labute approximate surface area is 207 Å². The maximum Gasteiger partial charge on any atom is 0.258 e. The number of hydrogen-bond donors (Lipinski definition) is 1. The van der Waals surface area contributed by atoms with E-state index in [-0.39, 0.29) is 6.04 Å². The largest absolute Gasteiger partial charge is 0.497 e. The number of rotatable bonds is 5. The highest BCUT2D eigenvalue weighted by Crippen LogP contribution is 2.39. The van der Waals surface area contributed by atoms with Crippen molar-refractivity contribution in [1.29, 1.82) is 0 Å². The second-order valence-corrected chi connectivity index (χ2v) is 8.58. The van der Waals surface area contributed by atoms with Gasteiger partial charge in [-0.2, -0.15) is 4.98 Å². The Morgan fingerprint density at radius 1 is 1.03 bits per heavy atom. The zero-order valence-electron chi connectivity index (χ0n) is 18.5. The van der Waals surface area contributed by atoms with E-state index in [1.807, 2.05) is 90.7 Å². The van der Waals surface area contributed by atoms with Crippen LogP contribution in [0.5, 0.6) is 5.75 Å². The molecule has 0 spiro atoms. The maximum atomic E-state index is 6.11. The molecule has 3 aromatic carbocycles. The number of nitrogens with one attached hydrogen (secondary N) is 1. The highest BCUT2D eigenvalue weighted by atomic mass is 35.5. The second kappa shape index (κ2) is 9.29. The van der Waals surface area contributed by atoms with Crippen LogP contribution in [0, 0.1) is 0 Å². The first-order chi connectivity index (χ1) is 16.5. The molecule has 0 aliphatic carbocycles. The van der Waals surface area contributed by atoms with Gasteiger partial charge in [0.15, 0.2) is 5.11 Å². The van der Waals surface area contributed by atoms with Crippen molar-refractivity contribution in [2.45, 2.75) is 13.0 Å². The standard InChI is InChI=1S/C26H21ClN4O2S/c1-16-22(25-29-24(30-33-25)18-9-6-10-21(15-18)32-2)23(17-7-4-3-5-8-17)28-26(34)31(16)20-13-11-19(27)12-14-20/h3-15,23H,1-2H3,(H,28,34). The van der Waals surface area contributed by atoms with Gasteiger partial charge < -0.3 is 14.6 Å². The van der Waals surface area contributed by atoms with Crippen LogP contribution in [0.25, 0.3) is 17.0 Å². The number of nitrogens with zero attached hydrogens (tertiary/aromatic N) is 3. The first-order valence-corrected chi connectivity index (χ1v) is 11.4. The molecule has 1 aliphatic heterocycles. The molecule has 4 aromatic rings. The Balaban J connectivity index is 1.64. The fourth-order valence-electron chi connectivity index (χ4n) is 4.03. The summed E-state index contributed by atoms with van der Waals surface area (Å²) in [5.41, 5.74) is 4.46. The quantitative estimate of drug-likeness (QED) is 0.332. The molecule has 6 nitrogen and oxygen atoms in total. The third-order valence-corrected chi connectivity index (χ3v) is 6.24. The Kier molecular flexibility index (Phi) is 6.04. The van der Waals surface area contributed by atoms with Crippen LogP contribution in [0.1, 0.15) is 24.4 Å². The summed E-state index contributed by atoms with van der Waals surface area (Å²) in [7, 11) is 1.63. The minimum absolute atomic E-state index is 0.254. The van der Waals surface area contributed by atoms with Gasteiger partial charge >= 0.3 is 0 Å². The van der Waals surface area contributed by atoms with E-state index in [4.69, 9.17) is 38.1 Å². The van der Waals surface area contributed by atoms with Gasteiger partial charge in [0, 0.05) is 22.0 Å². The average Bonchev–Trinajstić information content (AvgIpc) is 3.35. The van der Waals surface area contributed by atoms with E-state index in [9.17, 15) is 0 Å². The Morgan fingerprint density at radius 3 is 2.53 bits per heavy atom. The summed E-state index contributed by atoms with van der Waals surface area (Å²) in [5, 5.41) is 8.95. The molecule has 8 heteroatoms. The number of aromatic nitrogens is 2. The number of methoxy groups -OCH3 is 1. The van der Waals surface area contributed by atoms with Crippen molar-refractivity contribution in [3.05, 3.63) is 101 Å². The maximum absolute atomic E-state index is 6.11. The molecular formula is C26H21ClN4O2S. The van der Waals surface area contributed by atoms with E-state index in [2.05, 4.69) is 10.5 Å². The predicted molar refractivity (Wildman–Crippen MR) is 138 cm³/mol. The van der Waals surface area contributed by atoms with E-state index < -0.39 is 0 Å². The SMILES string of the molecule is COc1cccc(-c2noc(C3=C(C)N(c4ccc(Cl)cc4)C(=S)NC3c3ccccc3)n2)c1. The Morgan fingerprint density at radius 2 is 1.79 bits per heavy atom. The lowest BCUT2D eigenvalue weighted by Crippen LogP contribution is -2.46. The monoisotopic (exact) mass is 488 g/mol. The van der Waals surface area contributed by atoms with Crippen LogP contribution < -0.4 is 15.0 Å². The molecule has 0 amide bonds. The van der Waals surface area contributed by atoms with Crippen molar-refractivity contribution in [2.24, 2.45) is 0 Å². The van der Waals surface area contributed by atoms with E-state index >= 15 is 0 Å². The molecule has 170 valence electrons. The van der Waals surface area contributed by atoms with Gasteiger partial charge in [-0.15, -0.1) is 0 Å². The molecule has 1 N–H and O–H groups in total. The summed E-state index contributed by atoms with van der Waals surface area (Å²) in [6.45, 7) is 2.00. The lowest BCUT2D eigenvalue weighted by molar-refractivity contribution is 0.403. The predicted octanol–water partition coefficient (Wildman–Crippen LogP) is 6.27. The van der Waals surface area contributed by atoms with E-state index in [0.717, 1.165) is 33.8 Å². The molecule has 2 heterocycles. The van der Waals surface area contributed by atoms with E-state index in [1.165, 1.54) is 0 Å². The molecule has 1 aliphatic rings. The van der Waals surface area contributed by atoms with Gasteiger partial charge in [0.25, 0.3) is 5.89 Å². The number of halogens is 1. The van der Waals surface area contributed by atoms with Crippen molar-refractivity contribution < 1.29 is 9.26 Å². The summed E-state index contributed by atoms with van der Waals surface area (Å²) in [4.78, 5) is 6.70. The molecule has 1 atom stereocenters. The number of thiocarbonyl (C=S) groups is 1. The van der Waals surface area contributed by atoms with E-state index in [0.29, 0.717) is 21.9 Å². The van der Waals surface area contributed by atoms with Gasteiger partial charge in [0.1, 0.15) is 5.75 Å². The van der Waals surface area contributed by atoms with Gasteiger partial charge in [0.05, 0.1) is 18.7 Å². The van der Waals surface area contributed by atoms with Crippen LogP contribution in [0.15, 0.2) is 89.1 Å². The number of allylic oxidation sites excluding steroid dienone is 1. The number of ether oxygens (including phenoxy) is 1. The topological polar surface area (TPSA) is 63.4 Å². The van der Waals surface area contributed by atoms with Crippen LogP contribution in [-0.4, -0.2) is 22.4 Å². The normalized spacial score (nSPS) is 15.9. The summed E-state index contributed by atoms with van der Waals surface area (Å²) in [5.74, 6) is 1.62. The minimum atomic E-state index is -0.254. The molecule has 1 aromatic heterocycles. The molecule has 34 heavy (non-hydrogen) atoms. The Bertz CT molecular complexity index is 1370. The lowest BCUT2D eigenvalue weighted by atomic mass is 9.94. The molecule has 0 saturated carbocycles. The average molecular weight is 489 g/mol. The van der Waals surface area contributed by atoms with Gasteiger partial charge in [-0.05, 0) is 61.1 Å². The summed E-state index contributed by atoms with van der Waals surface area (Å²) < 4.78 is 11.1. The molecule has 0 bridgehead atoms. The van der Waals surface area contributed by atoms with Crippen LogP contribution in [0.3, 0.4) is 0 Å². The van der Waals surface area contributed by atoms with Crippen molar-refractivity contribution in [3.63, 3.8) is 0 Å². The van der Waals surface area contributed by atoms with Gasteiger partial charge in [-0.25, -0.2) is 0 Å². The molecule has 0 radical (unpaired) electrons. The number of benzene rings is 3. The molecular weight excluding hydrogens is 468 g/mol. The van der Waals surface area contributed by atoms with Crippen LogP contribution >= 0.6 is 23.8 Å². The lowest BCUT2D eigenvalue weighted by Gasteiger charge is -2.37. The summed E-state index contributed by atoms with van der Waals surface area (Å²) in [6, 6.07) is 24.9. The van der Waals surface area contributed by atoms with E-state index in [1.54, 1.807) is 7.11 Å². The van der Waals surface area contributed by atoms with Crippen molar-refractivity contribution >= 4 is 40.2 Å². The van der Waals surface area contributed by atoms with Crippen LogP contribution in [-0.2, 0) is 0 Å². The zero-order valence-corrected chi connectivity index (χ0v) is 20.1. The minimum Gasteiger partial charge on any atom is -0.497 e. The van der Waals surface area contributed by atoms with Crippen LogP contribution in [0.2, 0.25) is 5.02 Å². The third kappa shape index (κ3) is 4.16. The first kappa shape index (κ1) is 22.1. The van der Waals surface area contributed by atoms with Crippen LogP contribution in [0.4, 0.5) is 5.69 Å². The fourth-order valence-corrected chi connectivity index (χ4v) is 4.52. The van der Waals surface area contributed by atoms with Crippen molar-refractivity contribution in [2.75, 3.05) is 12.0 Å². The molecule has 0 saturated heterocycles. The van der Waals surface area contributed by atoms with Crippen molar-refractivity contribution in [1.82, 2.24) is 15.5 Å². The molecule has 5 rings (SSSR count). The van der Waals surface area contributed by atoms with Gasteiger partial charge in [-0.3, -0.25) is 4.90 Å².